The fourth-order valence-electron chi connectivity index (χ4n) is 6.58. The van der Waals surface area contributed by atoms with E-state index in [-0.39, 0.29) is 0 Å². The van der Waals surface area contributed by atoms with Gasteiger partial charge in [0.25, 0.3) is 0 Å². The maximum Gasteiger partial charge on any atom is 0.203 e. The van der Waals surface area contributed by atoms with E-state index in [4.69, 9.17) is 56.8 Å². The molecule has 0 atom stereocenters. The van der Waals surface area contributed by atoms with Crippen molar-refractivity contribution >= 4 is 37.1 Å². The molecule has 53 heavy (non-hydrogen) atoms. The molecule has 0 aliphatic carbocycles. The minimum absolute atomic E-state index is 0.451. The summed E-state index contributed by atoms with van der Waals surface area (Å²) in [4.78, 5) is -0.732. The van der Waals surface area contributed by atoms with E-state index in [1.807, 2.05) is 48.5 Å². The van der Waals surface area contributed by atoms with Gasteiger partial charge in [0, 0.05) is 26.1 Å². The highest BCUT2D eigenvalue weighted by Crippen LogP contribution is 2.69. The van der Waals surface area contributed by atoms with E-state index in [0.717, 1.165) is 21.2 Å². The Morgan fingerprint density at radius 2 is 0.472 bits per heavy atom. The van der Waals surface area contributed by atoms with Crippen molar-refractivity contribution in [3.8, 4) is 69.0 Å². The summed E-state index contributed by atoms with van der Waals surface area (Å²) in [6.07, 6.45) is 0. The summed E-state index contributed by atoms with van der Waals surface area (Å²) in [7, 11) is 16.1. The van der Waals surface area contributed by atoms with Crippen molar-refractivity contribution in [1.29, 1.82) is 0 Å². The lowest BCUT2D eigenvalue weighted by Crippen LogP contribution is -2.36. The SMILES string of the molecule is COc1ccc(P(c2ccc(OC)c(OC)c2OC)C(C)(C)P(c2ccc(OC)c(OC)c2OC)c2ccc(OC)c(OC)c2OC)c(OC)c1OC. The van der Waals surface area contributed by atoms with E-state index in [9.17, 15) is 0 Å². The topological polar surface area (TPSA) is 111 Å². The summed E-state index contributed by atoms with van der Waals surface area (Å²) in [5.41, 5.74) is 0. The zero-order valence-corrected chi connectivity index (χ0v) is 34.7. The highest BCUT2D eigenvalue weighted by molar-refractivity contribution is 7.91. The van der Waals surface area contributed by atoms with Crippen LogP contribution in [0.2, 0.25) is 0 Å². The van der Waals surface area contributed by atoms with Gasteiger partial charge in [-0.3, -0.25) is 0 Å². The predicted molar refractivity (Wildman–Crippen MR) is 211 cm³/mol. The van der Waals surface area contributed by atoms with Crippen molar-refractivity contribution in [3.63, 3.8) is 0 Å². The van der Waals surface area contributed by atoms with Crippen LogP contribution in [-0.4, -0.2) is 90.2 Å². The first-order valence-electron chi connectivity index (χ1n) is 16.3. The monoisotopic (exact) mass is 772 g/mol. The standard InChI is InChI=1S/C39H50O12P2/c1-39(2,52(27-19-15-23(40-3)31(44-7)35(27)48-11)28-20-16-24(41-4)32(45-8)36(28)49-12)53(29-21-17-25(42-5)33(46-9)37(29)50-13)30-22-18-26(43-6)34(47-10)38(30)51-14/h15-22H,1-14H3. The van der Waals surface area contributed by atoms with E-state index < -0.39 is 20.7 Å². The van der Waals surface area contributed by atoms with E-state index in [2.05, 4.69) is 13.8 Å². The molecule has 0 bridgehead atoms. The lowest BCUT2D eigenvalue weighted by Gasteiger charge is -2.44. The van der Waals surface area contributed by atoms with Crippen LogP contribution in [0.25, 0.3) is 0 Å². The number of hydrogen-bond acceptors (Lipinski definition) is 12. The number of hydrogen-bond donors (Lipinski definition) is 0. The van der Waals surface area contributed by atoms with Crippen LogP contribution in [0.4, 0.5) is 0 Å². The van der Waals surface area contributed by atoms with Gasteiger partial charge in [0.05, 0.1) is 85.3 Å². The van der Waals surface area contributed by atoms with E-state index in [1.54, 1.807) is 85.3 Å². The second-order valence-corrected chi connectivity index (χ2v) is 17.4. The van der Waals surface area contributed by atoms with Gasteiger partial charge < -0.3 is 56.8 Å². The van der Waals surface area contributed by atoms with Gasteiger partial charge >= 0.3 is 0 Å². The normalized spacial score (nSPS) is 11.2. The molecule has 0 radical (unpaired) electrons. The number of methoxy groups -OCH3 is 12. The Labute approximate surface area is 314 Å². The molecule has 0 saturated carbocycles. The van der Waals surface area contributed by atoms with Gasteiger partial charge in [-0.1, -0.05) is 13.8 Å². The molecular formula is C39H50O12P2. The van der Waals surface area contributed by atoms with Crippen LogP contribution in [0.5, 0.6) is 69.0 Å². The fraction of sp³-hybridized carbons (Fsp3) is 0.385. The van der Waals surface area contributed by atoms with Crippen molar-refractivity contribution < 1.29 is 56.8 Å². The summed E-state index contributed by atoms with van der Waals surface area (Å²) in [5.74, 6) is 5.92. The lowest BCUT2D eigenvalue weighted by atomic mass is 10.3. The van der Waals surface area contributed by atoms with Gasteiger partial charge in [0.2, 0.25) is 23.0 Å². The fourth-order valence-corrected chi connectivity index (χ4v) is 14.0. The van der Waals surface area contributed by atoms with Gasteiger partial charge in [-0.05, 0) is 64.4 Å². The number of ether oxygens (including phenoxy) is 12. The molecule has 0 aromatic heterocycles. The minimum Gasteiger partial charge on any atom is -0.493 e. The van der Waals surface area contributed by atoms with Crippen LogP contribution in [-0.2, 0) is 0 Å². The molecule has 0 saturated heterocycles. The first-order valence-corrected chi connectivity index (χ1v) is 19.0. The Morgan fingerprint density at radius 3 is 0.623 bits per heavy atom. The van der Waals surface area contributed by atoms with Crippen LogP contribution in [0, 0.1) is 0 Å². The highest BCUT2D eigenvalue weighted by Gasteiger charge is 2.47. The van der Waals surface area contributed by atoms with Gasteiger partial charge in [-0.2, -0.15) is 0 Å². The minimum atomic E-state index is -1.55. The zero-order chi connectivity index (χ0) is 39.0. The molecule has 14 heteroatoms. The van der Waals surface area contributed by atoms with Crippen molar-refractivity contribution in [1.82, 2.24) is 0 Å². The average molecular weight is 773 g/mol. The summed E-state index contributed by atoms with van der Waals surface area (Å²) >= 11 is 0. The third-order valence-electron chi connectivity index (χ3n) is 8.79. The third kappa shape index (κ3) is 7.32. The van der Waals surface area contributed by atoms with Gasteiger partial charge in [0.1, 0.15) is 0 Å². The van der Waals surface area contributed by atoms with Gasteiger partial charge in [0.15, 0.2) is 46.0 Å². The van der Waals surface area contributed by atoms with Crippen LogP contribution < -0.4 is 78.1 Å². The quantitative estimate of drug-likeness (QED) is 0.109. The molecule has 4 rings (SSSR count). The Balaban J connectivity index is 2.31. The first kappa shape index (κ1) is 41.1. The summed E-state index contributed by atoms with van der Waals surface area (Å²) in [6, 6.07) is 15.6. The van der Waals surface area contributed by atoms with Crippen LogP contribution >= 0.6 is 15.8 Å². The Bertz CT molecular complexity index is 1620. The zero-order valence-electron chi connectivity index (χ0n) is 32.9. The van der Waals surface area contributed by atoms with E-state index >= 15 is 0 Å². The van der Waals surface area contributed by atoms with E-state index in [1.165, 1.54) is 0 Å². The molecule has 0 heterocycles. The number of benzene rings is 4. The number of rotatable bonds is 18. The molecule has 4 aromatic carbocycles. The van der Waals surface area contributed by atoms with Gasteiger partial charge in [-0.25, -0.2) is 0 Å². The second-order valence-electron chi connectivity index (χ2n) is 11.6. The van der Waals surface area contributed by atoms with Gasteiger partial charge in [-0.15, -0.1) is 0 Å². The van der Waals surface area contributed by atoms with Crippen LogP contribution in [0.1, 0.15) is 13.8 Å². The molecule has 0 spiro atoms. The van der Waals surface area contributed by atoms with Crippen molar-refractivity contribution in [2.45, 2.75) is 18.7 Å². The molecular weight excluding hydrogens is 722 g/mol. The maximum absolute atomic E-state index is 6.20. The largest absolute Gasteiger partial charge is 0.493 e. The first-order chi connectivity index (χ1) is 25.6. The highest BCUT2D eigenvalue weighted by atomic mass is 31.2. The lowest BCUT2D eigenvalue weighted by molar-refractivity contribution is 0.325. The van der Waals surface area contributed by atoms with Crippen LogP contribution in [0.3, 0.4) is 0 Å². The molecule has 0 unspecified atom stereocenters. The predicted octanol–water partition coefficient (Wildman–Crippen LogP) is 6.09. The molecule has 288 valence electrons. The maximum atomic E-state index is 6.20. The van der Waals surface area contributed by atoms with Crippen molar-refractivity contribution in [2.24, 2.45) is 0 Å². The molecule has 0 aliphatic heterocycles. The summed E-state index contributed by atoms with van der Waals surface area (Å²) in [5, 5.41) is 3.40. The Morgan fingerprint density at radius 1 is 0.283 bits per heavy atom. The molecule has 0 fully saturated rings. The molecule has 0 aliphatic rings. The smallest absolute Gasteiger partial charge is 0.203 e. The van der Waals surface area contributed by atoms with Crippen molar-refractivity contribution in [3.05, 3.63) is 48.5 Å². The molecule has 4 aromatic rings. The second kappa shape index (κ2) is 17.9. The molecule has 0 amide bonds. The molecule has 0 N–H and O–H groups in total. The third-order valence-corrected chi connectivity index (χ3v) is 15.5. The van der Waals surface area contributed by atoms with Crippen molar-refractivity contribution in [2.75, 3.05) is 85.3 Å². The average Bonchev–Trinajstić information content (AvgIpc) is 3.19. The Kier molecular flexibility index (Phi) is 13.9. The summed E-state index contributed by atoms with van der Waals surface area (Å²) in [6.45, 7) is 4.42. The summed E-state index contributed by atoms with van der Waals surface area (Å²) < 4.78 is 71.4. The molecule has 12 nitrogen and oxygen atoms in total. The van der Waals surface area contributed by atoms with E-state index in [0.29, 0.717) is 69.0 Å². The Hall–Kier alpha value is -4.66. The van der Waals surface area contributed by atoms with Crippen LogP contribution in [0.15, 0.2) is 48.5 Å².